The van der Waals surface area contributed by atoms with Gasteiger partial charge in [-0.25, -0.2) is 4.39 Å². The lowest BCUT2D eigenvalue weighted by Gasteiger charge is -2.43. The Morgan fingerprint density at radius 1 is 0.852 bits per heavy atom. The Kier molecular flexibility index (Phi) is 5.99. The molecule has 0 saturated carbocycles. The quantitative estimate of drug-likeness (QED) is 0.462. The van der Waals surface area contributed by atoms with Gasteiger partial charge in [0.15, 0.2) is 0 Å². The van der Waals surface area contributed by atoms with Gasteiger partial charge in [0.05, 0.1) is 6.61 Å². The summed E-state index contributed by atoms with van der Waals surface area (Å²) in [6.45, 7) is 7.08. The fraction of sp³-hybridized carbons (Fsp3) is 0.217. The molecule has 0 unspecified atom stereocenters. The van der Waals surface area contributed by atoms with E-state index >= 15 is 0 Å². The highest BCUT2D eigenvalue weighted by Gasteiger charge is 2.50. The van der Waals surface area contributed by atoms with E-state index in [-0.39, 0.29) is 10.9 Å². The highest BCUT2D eigenvalue weighted by atomic mass is 79.9. The Labute approximate surface area is 170 Å². The Hall–Kier alpha value is -1.75. The van der Waals surface area contributed by atoms with Crippen molar-refractivity contribution in [3.63, 3.8) is 0 Å². The van der Waals surface area contributed by atoms with Gasteiger partial charge >= 0.3 is 0 Å². The standard InChI is InChI=1S/C23H24BrFOSi/c1-23(2,3)27(21-10-6-4-7-11-21,22-12-8-5-9-13-22)26-17-18-14-19(24)16-20(25)15-18/h4-16H,17H2,1-3H3. The monoisotopic (exact) mass is 442 g/mol. The van der Waals surface area contributed by atoms with Gasteiger partial charge in [0.2, 0.25) is 0 Å². The van der Waals surface area contributed by atoms with Gasteiger partial charge in [-0.1, -0.05) is 97.4 Å². The molecule has 0 fully saturated rings. The molecule has 27 heavy (non-hydrogen) atoms. The van der Waals surface area contributed by atoms with Crippen molar-refractivity contribution in [2.45, 2.75) is 32.4 Å². The average molecular weight is 443 g/mol. The highest BCUT2D eigenvalue weighted by molar-refractivity contribution is 9.10. The molecule has 0 bridgehead atoms. The lowest BCUT2D eigenvalue weighted by atomic mass is 10.2. The largest absolute Gasteiger partial charge is 0.403 e. The van der Waals surface area contributed by atoms with Crippen LogP contribution < -0.4 is 10.4 Å². The maximum absolute atomic E-state index is 13.9. The van der Waals surface area contributed by atoms with Crippen LogP contribution in [0.2, 0.25) is 5.04 Å². The van der Waals surface area contributed by atoms with E-state index in [2.05, 4.69) is 85.2 Å². The zero-order valence-corrected chi connectivity index (χ0v) is 18.5. The molecular formula is C23H24BrFOSi. The van der Waals surface area contributed by atoms with Crippen LogP contribution in [-0.4, -0.2) is 8.32 Å². The number of benzene rings is 3. The molecule has 0 radical (unpaired) electrons. The van der Waals surface area contributed by atoms with Gasteiger partial charge in [-0.3, -0.25) is 0 Å². The predicted molar refractivity (Wildman–Crippen MR) is 117 cm³/mol. The van der Waals surface area contributed by atoms with Crippen molar-refractivity contribution in [3.05, 3.63) is 94.7 Å². The van der Waals surface area contributed by atoms with Crippen molar-refractivity contribution >= 4 is 34.6 Å². The summed E-state index contributed by atoms with van der Waals surface area (Å²) >= 11 is 3.38. The van der Waals surface area contributed by atoms with Crippen LogP contribution in [-0.2, 0) is 11.0 Å². The van der Waals surface area contributed by atoms with E-state index in [0.717, 1.165) is 10.0 Å². The SMILES string of the molecule is CC(C)(C)[Si](OCc1cc(F)cc(Br)c1)(c1ccccc1)c1ccccc1. The van der Waals surface area contributed by atoms with Crippen molar-refractivity contribution in [1.29, 1.82) is 0 Å². The Balaban J connectivity index is 2.11. The normalized spacial score (nSPS) is 12.2. The number of rotatable bonds is 5. The molecule has 3 aromatic carbocycles. The third kappa shape index (κ3) is 4.23. The number of halogens is 2. The van der Waals surface area contributed by atoms with Crippen LogP contribution in [0.1, 0.15) is 26.3 Å². The lowest BCUT2D eigenvalue weighted by Crippen LogP contribution is -2.66. The van der Waals surface area contributed by atoms with E-state index in [4.69, 9.17) is 4.43 Å². The van der Waals surface area contributed by atoms with E-state index in [0.29, 0.717) is 6.61 Å². The second kappa shape index (κ2) is 8.09. The van der Waals surface area contributed by atoms with E-state index in [9.17, 15) is 4.39 Å². The first-order valence-corrected chi connectivity index (χ1v) is 11.7. The number of hydrogen-bond acceptors (Lipinski definition) is 1. The molecule has 3 aromatic rings. The van der Waals surface area contributed by atoms with Crippen molar-refractivity contribution in [3.8, 4) is 0 Å². The van der Waals surface area contributed by atoms with Gasteiger partial charge in [0, 0.05) is 4.47 Å². The molecule has 0 saturated heterocycles. The molecule has 0 aliphatic rings. The molecule has 140 valence electrons. The smallest absolute Gasteiger partial charge is 0.261 e. The summed E-state index contributed by atoms with van der Waals surface area (Å²) in [6.07, 6.45) is 0. The zero-order valence-electron chi connectivity index (χ0n) is 15.9. The maximum Gasteiger partial charge on any atom is 0.261 e. The Morgan fingerprint density at radius 3 is 1.81 bits per heavy atom. The van der Waals surface area contributed by atoms with E-state index < -0.39 is 8.32 Å². The fourth-order valence-electron chi connectivity index (χ4n) is 3.65. The van der Waals surface area contributed by atoms with Crippen LogP contribution in [0.15, 0.2) is 83.3 Å². The first-order valence-electron chi connectivity index (χ1n) is 9.03. The third-order valence-corrected chi connectivity index (χ3v) is 10.2. The van der Waals surface area contributed by atoms with Gasteiger partial charge < -0.3 is 4.43 Å². The van der Waals surface area contributed by atoms with Gasteiger partial charge in [-0.2, -0.15) is 0 Å². The van der Waals surface area contributed by atoms with Crippen LogP contribution in [0.25, 0.3) is 0 Å². The number of hydrogen-bond donors (Lipinski definition) is 0. The minimum Gasteiger partial charge on any atom is -0.403 e. The summed E-state index contributed by atoms with van der Waals surface area (Å²) < 4.78 is 21.4. The minimum absolute atomic E-state index is 0.0970. The summed E-state index contributed by atoms with van der Waals surface area (Å²) in [5.41, 5.74) is 0.829. The van der Waals surface area contributed by atoms with Gasteiger partial charge in [0.25, 0.3) is 8.32 Å². The summed E-state index contributed by atoms with van der Waals surface area (Å²) in [7, 11) is -2.60. The van der Waals surface area contributed by atoms with Crippen molar-refractivity contribution in [2.75, 3.05) is 0 Å². The van der Waals surface area contributed by atoms with Crippen molar-refractivity contribution < 1.29 is 8.82 Å². The summed E-state index contributed by atoms with van der Waals surface area (Å²) in [5.74, 6) is -0.259. The van der Waals surface area contributed by atoms with E-state index in [1.807, 2.05) is 18.2 Å². The highest BCUT2D eigenvalue weighted by Crippen LogP contribution is 2.37. The molecule has 0 atom stereocenters. The molecular weight excluding hydrogens is 419 g/mol. The second-order valence-electron chi connectivity index (χ2n) is 7.73. The molecule has 3 rings (SSSR count). The van der Waals surface area contributed by atoms with Crippen LogP contribution >= 0.6 is 15.9 Å². The Bertz CT molecular complexity index is 832. The zero-order chi connectivity index (χ0) is 19.5. The van der Waals surface area contributed by atoms with Crippen molar-refractivity contribution in [2.24, 2.45) is 0 Å². The molecule has 1 nitrogen and oxygen atoms in total. The predicted octanol–water partition coefficient (Wildman–Crippen LogP) is 5.66. The average Bonchev–Trinajstić information content (AvgIpc) is 2.62. The summed E-state index contributed by atoms with van der Waals surface area (Å²) in [6, 6.07) is 25.9. The van der Waals surface area contributed by atoms with Gasteiger partial charge in [0.1, 0.15) is 5.82 Å². The maximum atomic E-state index is 13.9. The summed E-state index contributed by atoms with van der Waals surface area (Å²) in [5, 5.41) is 2.35. The Morgan fingerprint density at radius 2 is 1.37 bits per heavy atom. The molecule has 0 aliphatic carbocycles. The van der Waals surface area contributed by atoms with Gasteiger partial charge in [-0.05, 0) is 39.2 Å². The molecule has 0 N–H and O–H groups in total. The lowest BCUT2D eigenvalue weighted by molar-refractivity contribution is 0.285. The third-order valence-electron chi connectivity index (χ3n) is 4.79. The fourth-order valence-corrected chi connectivity index (χ4v) is 8.70. The van der Waals surface area contributed by atoms with Crippen LogP contribution in [0.3, 0.4) is 0 Å². The molecule has 0 heterocycles. The van der Waals surface area contributed by atoms with E-state index in [1.165, 1.54) is 16.4 Å². The first-order chi connectivity index (χ1) is 12.8. The second-order valence-corrected chi connectivity index (χ2v) is 13.0. The molecule has 4 heteroatoms. The molecule has 0 amide bonds. The topological polar surface area (TPSA) is 9.23 Å². The minimum atomic E-state index is -2.60. The molecule has 0 aliphatic heterocycles. The van der Waals surface area contributed by atoms with Gasteiger partial charge in [-0.15, -0.1) is 0 Å². The summed E-state index contributed by atoms with van der Waals surface area (Å²) in [4.78, 5) is 0. The van der Waals surface area contributed by atoms with Crippen molar-refractivity contribution in [1.82, 2.24) is 0 Å². The molecule has 0 spiro atoms. The van der Waals surface area contributed by atoms with Crippen LogP contribution in [0.5, 0.6) is 0 Å². The molecule has 0 aromatic heterocycles. The van der Waals surface area contributed by atoms with Crippen LogP contribution in [0.4, 0.5) is 4.39 Å². The van der Waals surface area contributed by atoms with Crippen LogP contribution in [0, 0.1) is 5.82 Å². The van der Waals surface area contributed by atoms with E-state index in [1.54, 1.807) is 6.07 Å². The first kappa shape index (κ1) is 20.0.